The smallest absolute Gasteiger partial charge is 0.274 e. The van der Waals surface area contributed by atoms with Gasteiger partial charge in [0.15, 0.2) is 5.69 Å². The van der Waals surface area contributed by atoms with Crippen molar-refractivity contribution in [3.8, 4) is 0 Å². The number of amides is 1. The van der Waals surface area contributed by atoms with E-state index in [0.29, 0.717) is 23.6 Å². The third-order valence-corrected chi connectivity index (χ3v) is 6.40. The average Bonchev–Trinajstić information content (AvgIpc) is 3.31. The summed E-state index contributed by atoms with van der Waals surface area (Å²) in [5, 5.41) is 5.19. The second-order valence-corrected chi connectivity index (χ2v) is 9.14. The molecule has 7 heteroatoms. The Labute approximate surface area is 169 Å². The highest BCUT2D eigenvalue weighted by atomic mass is 32.1. The van der Waals surface area contributed by atoms with Crippen LogP contribution in [-0.4, -0.2) is 38.8 Å². The zero-order valence-corrected chi connectivity index (χ0v) is 17.3. The second kappa shape index (κ2) is 7.47. The Morgan fingerprint density at radius 2 is 2.21 bits per heavy atom. The molecule has 146 valence electrons. The Balaban J connectivity index is 1.59. The predicted octanol–water partition coefficient (Wildman–Crippen LogP) is 4.35. The van der Waals surface area contributed by atoms with Gasteiger partial charge in [-0.25, -0.2) is 9.97 Å². The summed E-state index contributed by atoms with van der Waals surface area (Å²) >= 11 is 1.51. The molecule has 1 aliphatic rings. The third kappa shape index (κ3) is 3.85. The lowest BCUT2D eigenvalue weighted by Crippen LogP contribution is -2.36. The van der Waals surface area contributed by atoms with Crippen molar-refractivity contribution in [2.45, 2.75) is 45.7 Å². The lowest BCUT2D eigenvalue weighted by molar-refractivity contribution is 0.0724. The van der Waals surface area contributed by atoms with Gasteiger partial charge in [0.25, 0.3) is 5.91 Å². The first-order chi connectivity index (χ1) is 13.4. The van der Waals surface area contributed by atoms with Crippen LogP contribution < -0.4 is 5.32 Å². The van der Waals surface area contributed by atoms with Crippen LogP contribution in [-0.2, 0) is 6.54 Å². The number of nitrogens with zero attached hydrogens (tertiary/aromatic N) is 4. The van der Waals surface area contributed by atoms with Gasteiger partial charge in [-0.05, 0) is 47.8 Å². The second-order valence-electron chi connectivity index (χ2n) is 8.22. The maximum atomic E-state index is 13.3. The minimum absolute atomic E-state index is 0.0259. The molecule has 1 fully saturated rings. The number of hydrogen-bond acceptors (Lipinski definition) is 6. The van der Waals surface area contributed by atoms with Crippen molar-refractivity contribution in [2.24, 2.45) is 5.41 Å². The Morgan fingerprint density at radius 3 is 2.93 bits per heavy atom. The minimum atomic E-state index is -0.0259. The molecule has 1 saturated carbocycles. The van der Waals surface area contributed by atoms with Crippen molar-refractivity contribution in [3.05, 3.63) is 47.2 Å². The number of pyridine rings is 1. The summed E-state index contributed by atoms with van der Waals surface area (Å²) in [6.45, 7) is 5.10. The van der Waals surface area contributed by atoms with Crippen LogP contribution in [0.2, 0.25) is 0 Å². The molecule has 3 aromatic rings. The highest BCUT2D eigenvalue weighted by Crippen LogP contribution is 2.39. The summed E-state index contributed by atoms with van der Waals surface area (Å²) < 4.78 is 0.848. The molecule has 0 spiro atoms. The largest absolute Gasteiger partial charge is 0.350 e. The first kappa shape index (κ1) is 18.8. The third-order valence-electron chi connectivity index (χ3n) is 5.49. The fourth-order valence-electron chi connectivity index (χ4n) is 3.83. The van der Waals surface area contributed by atoms with Gasteiger partial charge in [0.2, 0.25) is 5.95 Å². The molecule has 0 radical (unpaired) electrons. The number of anilines is 1. The normalized spacial score (nSPS) is 18.3. The number of hydrogen-bond donors (Lipinski definition) is 1. The van der Waals surface area contributed by atoms with E-state index in [4.69, 9.17) is 0 Å². The van der Waals surface area contributed by atoms with Gasteiger partial charge in [-0.1, -0.05) is 19.9 Å². The van der Waals surface area contributed by atoms with E-state index >= 15 is 0 Å². The highest BCUT2D eigenvalue weighted by molar-refractivity contribution is 7.17. The number of thiophene rings is 1. The molecule has 0 aliphatic heterocycles. The molecule has 1 unspecified atom stereocenters. The number of rotatable bonds is 5. The Hall–Kier alpha value is -2.54. The van der Waals surface area contributed by atoms with E-state index in [9.17, 15) is 4.79 Å². The van der Waals surface area contributed by atoms with Crippen molar-refractivity contribution in [1.82, 2.24) is 19.9 Å². The molecule has 1 N–H and O–H groups in total. The zero-order valence-electron chi connectivity index (χ0n) is 16.5. The molecule has 6 nitrogen and oxygen atoms in total. The van der Waals surface area contributed by atoms with Crippen LogP contribution in [0.3, 0.4) is 0 Å². The molecule has 4 rings (SSSR count). The van der Waals surface area contributed by atoms with E-state index in [0.717, 1.165) is 35.0 Å². The quantitative estimate of drug-likeness (QED) is 0.695. The molecule has 1 amide bonds. The first-order valence-electron chi connectivity index (χ1n) is 9.58. The van der Waals surface area contributed by atoms with Gasteiger partial charge < -0.3 is 10.2 Å². The SMILES string of the molecule is CN(C(=O)c1nc(NCc2cccnc2)nc2ccsc12)C1CCC(C)(C)C1. The molecule has 0 aromatic carbocycles. The van der Waals surface area contributed by atoms with E-state index < -0.39 is 0 Å². The number of carbonyl (C=O) groups is 1. The van der Waals surface area contributed by atoms with E-state index in [1.807, 2.05) is 35.5 Å². The lowest BCUT2D eigenvalue weighted by Gasteiger charge is -2.26. The number of nitrogens with one attached hydrogen (secondary N) is 1. The molecule has 3 heterocycles. The number of aromatic nitrogens is 3. The molecule has 1 aliphatic carbocycles. The van der Waals surface area contributed by atoms with Gasteiger partial charge >= 0.3 is 0 Å². The lowest BCUT2D eigenvalue weighted by atomic mass is 9.91. The van der Waals surface area contributed by atoms with Crippen molar-refractivity contribution >= 4 is 33.4 Å². The summed E-state index contributed by atoms with van der Waals surface area (Å²) in [6, 6.07) is 6.09. The maximum Gasteiger partial charge on any atom is 0.274 e. The summed E-state index contributed by atoms with van der Waals surface area (Å²) in [5.41, 5.74) is 2.62. The molecular weight excluding hydrogens is 370 g/mol. The summed E-state index contributed by atoms with van der Waals surface area (Å²) in [6.07, 6.45) is 6.76. The van der Waals surface area contributed by atoms with Gasteiger partial charge in [-0.15, -0.1) is 11.3 Å². The van der Waals surface area contributed by atoms with E-state index in [1.54, 1.807) is 12.4 Å². The fraction of sp³-hybridized carbons (Fsp3) is 0.429. The Bertz CT molecular complexity index is 985. The van der Waals surface area contributed by atoms with E-state index in [-0.39, 0.29) is 11.9 Å². The van der Waals surface area contributed by atoms with Crippen molar-refractivity contribution in [1.29, 1.82) is 0 Å². The van der Waals surface area contributed by atoms with Crippen LogP contribution in [0.15, 0.2) is 36.0 Å². The molecule has 1 atom stereocenters. The van der Waals surface area contributed by atoms with Crippen molar-refractivity contribution in [3.63, 3.8) is 0 Å². The number of fused-ring (bicyclic) bond motifs is 1. The van der Waals surface area contributed by atoms with E-state index in [2.05, 4.69) is 34.1 Å². The summed E-state index contributed by atoms with van der Waals surface area (Å²) in [5.74, 6) is 0.445. The van der Waals surface area contributed by atoms with Gasteiger partial charge in [-0.3, -0.25) is 9.78 Å². The topological polar surface area (TPSA) is 71.0 Å². The Kier molecular flexibility index (Phi) is 5.02. The predicted molar refractivity (Wildman–Crippen MR) is 112 cm³/mol. The monoisotopic (exact) mass is 395 g/mol. The standard InChI is InChI=1S/C21H25N5OS/c1-21(2)8-6-15(11-21)26(3)19(27)17-18-16(7-10-28-18)24-20(25-17)23-13-14-5-4-9-22-12-14/h4-5,7,9-10,12,15H,6,8,11,13H2,1-3H3,(H,23,24,25). The van der Waals surface area contributed by atoms with Crippen LogP contribution in [0.1, 0.15) is 49.2 Å². The van der Waals surface area contributed by atoms with Crippen molar-refractivity contribution < 1.29 is 4.79 Å². The maximum absolute atomic E-state index is 13.3. The molecule has 0 saturated heterocycles. The van der Waals surface area contributed by atoms with Gasteiger partial charge in [-0.2, -0.15) is 0 Å². The van der Waals surface area contributed by atoms with Crippen LogP contribution in [0, 0.1) is 5.41 Å². The van der Waals surface area contributed by atoms with Gasteiger partial charge in [0.05, 0.1) is 10.2 Å². The van der Waals surface area contributed by atoms with Gasteiger partial charge in [0, 0.05) is 32.0 Å². The first-order valence-corrected chi connectivity index (χ1v) is 10.5. The zero-order chi connectivity index (χ0) is 19.7. The van der Waals surface area contributed by atoms with Crippen LogP contribution in [0.4, 0.5) is 5.95 Å². The summed E-state index contributed by atoms with van der Waals surface area (Å²) in [4.78, 5) is 28.4. The van der Waals surface area contributed by atoms with Crippen LogP contribution in [0.5, 0.6) is 0 Å². The highest BCUT2D eigenvalue weighted by Gasteiger charge is 2.35. The fourth-order valence-corrected chi connectivity index (χ4v) is 4.65. The minimum Gasteiger partial charge on any atom is -0.350 e. The summed E-state index contributed by atoms with van der Waals surface area (Å²) in [7, 11) is 1.90. The van der Waals surface area contributed by atoms with Crippen molar-refractivity contribution in [2.75, 3.05) is 12.4 Å². The average molecular weight is 396 g/mol. The van der Waals surface area contributed by atoms with Crippen LogP contribution in [0.25, 0.3) is 10.2 Å². The Morgan fingerprint density at radius 1 is 1.36 bits per heavy atom. The molecule has 0 bridgehead atoms. The van der Waals surface area contributed by atoms with E-state index in [1.165, 1.54) is 11.3 Å². The van der Waals surface area contributed by atoms with Gasteiger partial charge in [0.1, 0.15) is 0 Å². The molecule has 3 aromatic heterocycles. The molecule has 28 heavy (non-hydrogen) atoms. The van der Waals surface area contributed by atoms with Crippen LogP contribution >= 0.6 is 11.3 Å². The number of carbonyl (C=O) groups excluding carboxylic acids is 1. The molecular formula is C21H25N5OS.